The predicted octanol–water partition coefficient (Wildman–Crippen LogP) is 2.76. The maximum atomic E-state index is 13.1. The number of ether oxygens (including phenoxy) is 1. The Morgan fingerprint density at radius 2 is 2.21 bits per heavy atom. The van der Waals surface area contributed by atoms with Crippen LogP contribution in [0.25, 0.3) is 0 Å². The molecule has 5 heteroatoms. The fourth-order valence-corrected chi connectivity index (χ4v) is 3.79. The normalized spacial score (nSPS) is 23.6. The summed E-state index contributed by atoms with van der Waals surface area (Å²) in [5.74, 6) is 0.852. The largest absolute Gasteiger partial charge is 0.381 e. The molecule has 1 aliphatic carbocycles. The summed E-state index contributed by atoms with van der Waals surface area (Å²) in [6.07, 6.45) is 8.75. The van der Waals surface area contributed by atoms with Crippen molar-refractivity contribution in [3.8, 4) is 0 Å². The summed E-state index contributed by atoms with van der Waals surface area (Å²) in [7, 11) is 1.97. The quantitative estimate of drug-likeness (QED) is 0.780. The van der Waals surface area contributed by atoms with Crippen LogP contribution in [0.3, 0.4) is 0 Å². The number of aromatic nitrogens is 2. The lowest BCUT2D eigenvalue weighted by atomic mass is 9.93. The fraction of sp³-hybridized carbons (Fsp3) is 0.684. The number of hydrogen-bond donors (Lipinski definition) is 0. The molecule has 1 saturated heterocycles. The molecule has 0 radical (unpaired) electrons. The third kappa shape index (κ3) is 3.72. The third-order valence-corrected chi connectivity index (χ3v) is 5.45. The lowest BCUT2D eigenvalue weighted by molar-refractivity contribution is -0.136. The van der Waals surface area contributed by atoms with Crippen LogP contribution < -0.4 is 0 Å². The Kier molecular flexibility index (Phi) is 5.39. The molecule has 2 atom stereocenters. The van der Waals surface area contributed by atoms with E-state index < -0.39 is 0 Å². The van der Waals surface area contributed by atoms with Crippen molar-refractivity contribution in [2.45, 2.75) is 46.1 Å². The number of aryl methyl sites for hydroxylation is 2. The van der Waals surface area contributed by atoms with E-state index in [0.717, 1.165) is 37.2 Å². The van der Waals surface area contributed by atoms with Gasteiger partial charge in [0.15, 0.2) is 0 Å². The monoisotopic (exact) mass is 331 g/mol. The molecule has 0 unspecified atom stereocenters. The Morgan fingerprint density at radius 1 is 1.38 bits per heavy atom. The Morgan fingerprint density at radius 3 is 2.79 bits per heavy atom. The second-order valence-electron chi connectivity index (χ2n) is 7.20. The Bertz CT molecular complexity index is 614. The summed E-state index contributed by atoms with van der Waals surface area (Å²) in [5, 5.41) is 4.51. The summed E-state index contributed by atoms with van der Waals surface area (Å²) in [6.45, 7) is 6.91. The van der Waals surface area contributed by atoms with Crippen LogP contribution in [-0.4, -0.2) is 40.3 Å². The molecule has 2 heterocycles. The molecule has 1 aliphatic heterocycles. The van der Waals surface area contributed by atoms with Crippen LogP contribution in [0.4, 0.5) is 0 Å². The Hall–Kier alpha value is -1.62. The van der Waals surface area contributed by atoms with Gasteiger partial charge in [-0.1, -0.05) is 12.2 Å². The first-order valence-electron chi connectivity index (χ1n) is 9.07. The van der Waals surface area contributed by atoms with Gasteiger partial charge in [-0.15, -0.1) is 0 Å². The summed E-state index contributed by atoms with van der Waals surface area (Å²) in [6, 6.07) is 0. The summed E-state index contributed by atoms with van der Waals surface area (Å²) >= 11 is 0. The van der Waals surface area contributed by atoms with Gasteiger partial charge >= 0.3 is 0 Å². The number of carbonyl (C=O) groups is 1. The van der Waals surface area contributed by atoms with E-state index >= 15 is 0 Å². The Labute approximate surface area is 144 Å². The van der Waals surface area contributed by atoms with Gasteiger partial charge in [-0.25, -0.2) is 0 Å². The van der Waals surface area contributed by atoms with E-state index in [1.54, 1.807) is 0 Å². The highest BCUT2D eigenvalue weighted by Crippen LogP contribution is 2.25. The van der Waals surface area contributed by atoms with Gasteiger partial charge in [0.1, 0.15) is 0 Å². The first-order valence-corrected chi connectivity index (χ1v) is 9.07. The molecular weight excluding hydrogens is 302 g/mol. The van der Waals surface area contributed by atoms with Gasteiger partial charge in [-0.2, -0.15) is 5.10 Å². The van der Waals surface area contributed by atoms with E-state index in [-0.39, 0.29) is 11.8 Å². The number of amides is 1. The zero-order valence-corrected chi connectivity index (χ0v) is 15.1. The van der Waals surface area contributed by atoms with E-state index in [1.807, 2.05) is 18.7 Å². The number of rotatable bonds is 5. The second kappa shape index (κ2) is 7.51. The fourth-order valence-electron chi connectivity index (χ4n) is 3.79. The zero-order valence-electron chi connectivity index (χ0n) is 15.1. The second-order valence-corrected chi connectivity index (χ2v) is 7.20. The van der Waals surface area contributed by atoms with Crippen LogP contribution in [0, 0.1) is 25.7 Å². The first kappa shape index (κ1) is 17.2. The van der Waals surface area contributed by atoms with Crippen molar-refractivity contribution in [3.63, 3.8) is 0 Å². The van der Waals surface area contributed by atoms with Gasteiger partial charge in [-0.3, -0.25) is 9.48 Å². The predicted molar refractivity (Wildman–Crippen MR) is 93.5 cm³/mol. The van der Waals surface area contributed by atoms with Crippen molar-refractivity contribution in [3.05, 3.63) is 29.1 Å². The third-order valence-electron chi connectivity index (χ3n) is 5.45. The van der Waals surface area contributed by atoms with E-state index in [9.17, 15) is 4.79 Å². The first-order chi connectivity index (χ1) is 11.6. The molecule has 24 heavy (non-hydrogen) atoms. The smallest absolute Gasteiger partial charge is 0.228 e. The van der Waals surface area contributed by atoms with Gasteiger partial charge < -0.3 is 9.64 Å². The van der Waals surface area contributed by atoms with Crippen LogP contribution in [-0.2, 0) is 23.1 Å². The van der Waals surface area contributed by atoms with Crippen LogP contribution in [0.1, 0.15) is 42.6 Å². The molecule has 0 N–H and O–H groups in total. The van der Waals surface area contributed by atoms with E-state index in [4.69, 9.17) is 4.74 Å². The molecule has 0 bridgehead atoms. The van der Waals surface area contributed by atoms with Crippen molar-refractivity contribution in [2.75, 3.05) is 19.8 Å². The lowest BCUT2D eigenvalue weighted by Gasteiger charge is -2.30. The number of allylic oxidation sites excluding steroid dienone is 2. The molecule has 1 fully saturated rings. The van der Waals surface area contributed by atoms with E-state index in [1.165, 1.54) is 12.0 Å². The highest BCUT2D eigenvalue weighted by Gasteiger charge is 2.30. The minimum absolute atomic E-state index is 0.0291. The molecule has 132 valence electrons. The van der Waals surface area contributed by atoms with Gasteiger partial charge in [0.2, 0.25) is 5.91 Å². The zero-order chi connectivity index (χ0) is 17.1. The van der Waals surface area contributed by atoms with Crippen LogP contribution in [0.5, 0.6) is 0 Å². The molecule has 1 aromatic heterocycles. The van der Waals surface area contributed by atoms with Crippen molar-refractivity contribution >= 4 is 5.91 Å². The van der Waals surface area contributed by atoms with Crippen molar-refractivity contribution in [1.82, 2.24) is 14.7 Å². The molecule has 3 rings (SSSR count). The summed E-state index contributed by atoms with van der Waals surface area (Å²) < 4.78 is 7.36. The average molecular weight is 331 g/mol. The molecule has 1 amide bonds. The molecular formula is C19H29N3O2. The van der Waals surface area contributed by atoms with E-state index in [0.29, 0.717) is 25.7 Å². The van der Waals surface area contributed by atoms with Crippen LogP contribution >= 0.6 is 0 Å². The number of hydrogen-bond acceptors (Lipinski definition) is 3. The molecule has 1 aromatic rings. The number of nitrogens with zero attached hydrogens (tertiary/aromatic N) is 3. The molecule has 5 nitrogen and oxygen atoms in total. The highest BCUT2D eigenvalue weighted by atomic mass is 16.5. The Balaban J connectivity index is 1.77. The minimum Gasteiger partial charge on any atom is -0.381 e. The number of carbonyl (C=O) groups excluding carboxylic acids is 1. The summed E-state index contributed by atoms with van der Waals surface area (Å²) in [4.78, 5) is 15.1. The molecule has 2 aliphatic rings. The SMILES string of the molecule is Cc1nn(C)c(C)c1CN(C[C@H]1CC=CCC1)C(=O)[C@H]1CCOC1. The molecule has 0 saturated carbocycles. The van der Waals surface area contributed by atoms with Crippen LogP contribution in [0.15, 0.2) is 12.2 Å². The van der Waals surface area contributed by atoms with Crippen molar-refractivity contribution in [1.29, 1.82) is 0 Å². The van der Waals surface area contributed by atoms with Crippen molar-refractivity contribution < 1.29 is 9.53 Å². The minimum atomic E-state index is 0.0291. The maximum Gasteiger partial charge on any atom is 0.228 e. The van der Waals surface area contributed by atoms with Gasteiger partial charge in [0.05, 0.1) is 18.2 Å². The lowest BCUT2D eigenvalue weighted by Crippen LogP contribution is -2.39. The maximum absolute atomic E-state index is 13.1. The van der Waals surface area contributed by atoms with Gasteiger partial charge in [0.25, 0.3) is 0 Å². The highest BCUT2D eigenvalue weighted by molar-refractivity contribution is 5.79. The topological polar surface area (TPSA) is 47.4 Å². The van der Waals surface area contributed by atoms with Gasteiger partial charge in [0, 0.05) is 38.0 Å². The van der Waals surface area contributed by atoms with Crippen LogP contribution in [0.2, 0.25) is 0 Å². The molecule has 0 aromatic carbocycles. The van der Waals surface area contributed by atoms with Gasteiger partial charge in [-0.05, 0) is 45.4 Å². The standard InChI is InChI=1S/C19H29N3O2/c1-14-18(15(2)21(3)20-14)12-22(11-16-7-5-4-6-8-16)19(23)17-9-10-24-13-17/h4-5,16-17H,6-13H2,1-3H3/t16-,17-/m0/s1. The summed E-state index contributed by atoms with van der Waals surface area (Å²) in [5.41, 5.74) is 3.37. The van der Waals surface area contributed by atoms with Crippen molar-refractivity contribution in [2.24, 2.45) is 18.9 Å². The average Bonchev–Trinajstić information content (AvgIpc) is 3.19. The molecule has 0 spiro atoms. The van der Waals surface area contributed by atoms with E-state index in [2.05, 4.69) is 29.1 Å².